The minimum atomic E-state index is -0.399. The van der Waals surface area contributed by atoms with Gasteiger partial charge in [-0.1, -0.05) is 11.6 Å². The van der Waals surface area contributed by atoms with E-state index in [0.29, 0.717) is 23.2 Å². The van der Waals surface area contributed by atoms with E-state index in [2.05, 4.69) is 26.9 Å². The maximum Gasteiger partial charge on any atom is 0.338 e. The summed E-state index contributed by atoms with van der Waals surface area (Å²) in [5, 5.41) is 3.66. The number of nitrogens with one attached hydrogen (secondary N) is 1. The number of hydrogen-bond donors (Lipinski definition) is 1. The number of carbonyl (C=O) groups excluding carboxylic acids is 2. The Kier molecular flexibility index (Phi) is 8.12. The van der Waals surface area contributed by atoms with Gasteiger partial charge in [-0.2, -0.15) is 0 Å². The summed E-state index contributed by atoms with van der Waals surface area (Å²) in [6.07, 6.45) is 0. The van der Waals surface area contributed by atoms with Gasteiger partial charge < -0.3 is 19.7 Å². The number of anilines is 1. The fraction of sp³-hybridized carbons (Fsp3) is 0.588. The molecule has 0 bridgehead atoms. The molecule has 1 atom stereocenters. The van der Waals surface area contributed by atoms with Crippen LogP contribution < -0.4 is 10.2 Å². The molecular weight excluding hydrogens is 346 g/mol. The number of ether oxygens (including phenoxy) is 2. The molecule has 0 radical (unpaired) electrons. The molecule has 0 spiro atoms. The molecule has 2 heterocycles. The summed E-state index contributed by atoms with van der Waals surface area (Å²) in [4.78, 5) is 27.5. The Morgan fingerprint density at radius 1 is 1.44 bits per heavy atom. The number of pyridine rings is 1. The molecule has 1 aromatic heterocycles. The molecule has 1 aliphatic heterocycles. The van der Waals surface area contributed by atoms with Gasteiger partial charge >= 0.3 is 5.97 Å². The largest absolute Gasteiger partial charge is 0.465 e. The zero-order chi connectivity index (χ0) is 19.0. The van der Waals surface area contributed by atoms with Gasteiger partial charge in [0.2, 0.25) is 0 Å². The molecule has 0 amide bonds. The zero-order valence-corrected chi connectivity index (χ0v) is 16.1. The van der Waals surface area contributed by atoms with Gasteiger partial charge in [0.05, 0.1) is 12.7 Å². The zero-order valence-electron chi connectivity index (χ0n) is 15.3. The highest BCUT2D eigenvalue weighted by molar-refractivity contribution is 6.29. The Hall–Kier alpha value is -1.86. The lowest BCUT2D eigenvalue weighted by Crippen LogP contribution is -2.49. The standard InChI is InChI=1S/C12H16ClN3O2.C5H10O2/c1-8-7-16(4-3-14-8)11-6-9(12(17)18-2)5-10(13)15-11;1-5(2,3)7-4-6/h5-6,8,14H,3-4,7H2,1-2H3;4H,1-3H3/t8-;/m1./s1. The van der Waals surface area contributed by atoms with Gasteiger partial charge in [0.25, 0.3) is 6.47 Å². The van der Waals surface area contributed by atoms with Crippen LogP contribution in [-0.4, -0.2) is 55.8 Å². The van der Waals surface area contributed by atoms with Crippen LogP contribution >= 0.6 is 11.6 Å². The Balaban J connectivity index is 0.000000381. The van der Waals surface area contributed by atoms with Gasteiger partial charge in [-0.05, 0) is 39.8 Å². The van der Waals surface area contributed by atoms with Crippen molar-refractivity contribution >= 4 is 29.9 Å². The molecule has 25 heavy (non-hydrogen) atoms. The first-order valence-electron chi connectivity index (χ1n) is 8.02. The van der Waals surface area contributed by atoms with Crippen LogP contribution in [0.15, 0.2) is 12.1 Å². The molecule has 1 aliphatic rings. The Morgan fingerprint density at radius 3 is 2.60 bits per heavy atom. The smallest absolute Gasteiger partial charge is 0.338 e. The molecule has 0 aromatic carbocycles. The van der Waals surface area contributed by atoms with Crippen LogP contribution in [0.2, 0.25) is 5.15 Å². The highest BCUT2D eigenvalue weighted by atomic mass is 35.5. The number of nitrogens with zero attached hydrogens (tertiary/aromatic N) is 2. The molecule has 0 unspecified atom stereocenters. The lowest BCUT2D eigenvalue weighted by atomic mass is 10.2. The van der Waals surface area contributed by atoms with Crippen molar-refractivity contribution < 1.29 is 19.1 Å². The number of rotatable bonds is 3. The van der Waals surface area contributed by atoms with Crippen molar-refractivity contribution in [2.24, 2.45) is 0 Å². The van der Waals surface area contributed by atoms with Crippen LogP contribution in [0, 0.1) is 0 Å². The van der Waals surface area contributed by atoms with Crippen molar-refractivity contribution in [1.82, 2.24) is 10.3 Å². The summed E-state index contributed by atoms with van der Waals surface area (Å²) < 4.78 is 9.25. The predicted molar refractivity (Wildman–Crippen MR) is 97.2 cm³/mol. The Bertz CT molecular complexity index is 590. The van der Waals surface area contributed by atoms with Crippen molar-refractivity contribution in [3.8, 4) is 0 Å². The molecule has 1 saturated heterocycles. The topological polar surface area (TPSA) is 80.8 Å². The van der Waals surface area contributed by atoms with Crippen LogP contribution in [0.4, 0.5) is 5.82 Å². The van der Waals surface area contributed by atoms with Gasteiger partial charge in [-0.15, -0.1) is 0 Å². The number of aromatic nitrogens is 1. The first-order chi connectivity index (χ1) is 11.7. The van der Waals surface area contributed by atoms with Crippen molar-refractivity contribution in [2.75, 3.05) is 31.6 Å². The second-order valence-electron chi connectivity index (χ2n) is 6.66. The van der Waals surface area contributed by atoms with Crippen LogP contribution in [0.25, 0.3) is 0 Å². The van der Waals surface area contributed by atoms with Gasteiger partial charge in [-0.25, -0.2) is 9.78 Å². The fourth-order valence-corrected chi connectivity index (χ4v) is 2.37. The maximum absolute atomic E-state index is 11.5. The molecule has 0 saturated carbocycles. The number of piperazine rings is 1. The highest BCUT2D eigenvalue weighted by Gasteiger charge is 2.19. The van der Waals surface area contributed by atoms with E-state index >= 15 is 0 Å². The SMILES string of the molecule is CC(C)(C)OC=O.COC(=O)c1cc(Cl)nc(N2CCN[C@H](C)C2)c1. The quantitative estimate of drug-likeness (QED) is 0.496. The van der Waals surface area contributed by atoms with Gasteiger partial charge in [0.1, 0.15) is 16.6 Å². The monoisotopic (exact) mass is 371 g/mol. The summed E-state index contributed by atoms with van der Waals surface area (Å²) >= 11 is 5.95. The van der Waals surface area contributed by atoms with Gasteiger partial charge in [0.15, 0.2) is 0 Å². The second kappa shape index (κ2) is 9.58. The van der Waals surface area contributed by atoms with Crippen LogP contribution in [-0.2, 0) is 14.3 Å². The third kappa shape index (κ3) is 7.70. The Labute approximate surface area is 153 Å². The first-order valence-corrected chi connectivity index (χ1v) is 8.39. The molecular formula is C17H26ClN3O4. The van der Waals surface area contributed by atoms with E-state index in [-0.39, 0.29) is 5.60 Å². The summed E-state index contributed by atoms with van der Waals surface area (Å²) in [5.74, 6) is 0.319. The van der Waals surface area contributed by atoms with Gasteiger partial charge in [-0.3, -0.25) is 4.79 Å². The second-order valence-corrected chi connectivity index (χ2v) is 7.04. The highest BCUT2D eigenvalue weighted by Crippen LogP contribution is 2.20. The predicted octanol–water partition coefficient (Wildman–Crippen LogP) is 2.28. The number of esters is 1. The van der Waals surface area contributed by atoms with E-state index in [0.717, 1.165) is 25.5 Å². The lowest BCUT2D eigenvalue weighted by Gasteiger charge is -2.32. The van der Waals surface area contributed by atoms with Crippen LogP contribution in [0.5, 0.6) is 0 Å². The van der Waals surface area contributed by atoms with E-state index in [9.17, 15) is 9.59 Å². The summed E-state index contributed by atoms with van der Waals surface area (Å²) in [6, 6.07) is 3.62. The molecule has 1 aromatic rings. The average Bonchev–Trinajstić information content (AvgIpc) is 2.53. The number of halogens is 1. The molecule has 8 heteroatoms. The van der Waals surface area contributed by atoms with Gasteiger partial charge in [0, 0.05) is 25.7 Å². The van der Waals surface area contributed by atoms with Crippen molar-refractivity contribution in [3.63, 3.8) is 0 Å². The average molecular weight is 372 g/mol. The Morgan fingerprint density at radius 2 is 2.12 bits per heavy atom. The fourth-order valence-electron chi connectivity index (χ4n) is 2.17. The molecule has 1 fully saturated rings. The third-order valence-corrected chi connectivity index (χ3v) is 3.49. The minimum Gasteiger partial charge on any atom is -0.465 e. The molecule has 0 aliphatic carbocycles. The summed E-state index contributed by atoms with van der Waals surface area (Å²) in [5.41, 5.74) is 0.112. The van der Waals surface area contributed by atoms with Crippen molar-refractivity contribution in [1.29, 1.82) is 0 Å². The lowest BCUT2D eigenvalue weighted by molar-refractivity contribution is -0.138. The minimum absolute atomic E-state index is 0.305. The summed E-state index contributed by atoms with van der Waals surface area (Å²) in [7, 11) is 1.35. The van der Waals surface area contributed by atoms with E-state index in [1.807, 2.05) is 20.8 Å². The number of hydrogen-bond acceptors (Lipinski definition) is 7. The molecule has 2 rings (SSSR count). The van der Waals surface area contributed by atoms with E-state index < -0.39 is 5.97 Å². The van der Waals surface area contributed by atoms with E-state index in [1.54, 1.807) is 6.07 Å². The van der Waals surface area contributed by atoms with Crippen LogP contribution in [0.1, 0.15) is 38.1 Å². The van der Waals surface area contributed by atoms with Crippen LogP contribution in [0.3, 0.4) is 0 Å². The number of carbonyl (C=O) groups is 2. The van der Waals surface area contributed by atoms with Crippen molar-refractivity contribution in [3.05, 3.63) is 22.8 Å². The van der Waals surface area contributed by atoms with Crippen molar-refractivity contribution in [2.45, 2.75) is 39.3 Å². The molecule has 140 valence electrons. The maximum atomic E-state index is 11.5. The van der Waals surface area contributed by atoms with E-state index in [4.69, 9.17) is 16.3 Å². The summed E-state index contributed by atoms with van der Waals surface area (Å²) in [6.45, 7) is 10.6. The first kappa shape index (κ1) is 21.2. The third-order valence-electron chi connectivity index (χ3n) is 3.30. The normalized spacial score (nSPS) is 17.2. The number of methoxy groups -OCH3 is 1. The van der Waals surface area contributed by atoms with E-state index in [1.165, 1.54) is 13.2 Å². The molecule has 1 N–H and O–H groups in total. The molecule has 7 nitrogen and oxygen atoms in total.